The van der Waals surface area contributed by atoms with Crippen molar-refractivity contribution in [3.8, 4) is 0 Å². The Morgan fingerprint density at radius 3 is 1.68 bits per heavy atom. The van der Waals surface area contributed by atoms with Gasteiger partial charge in [-0.3, -0.25) is 0 Å². The van der Waals surface area contributed by atoms with Crippen LogP contribution in [0.4, 0.5) is 25.2 Å². The predicted octanol–water partition coefficient (Wildman–Crippen LogP) is 5.64. The molecule has 0 bridgehead atoms. The van der Waals surface area contributed by atoms with Crippen molar-refractivity contribution in [1.82, 2.24) is 4.90 Å². The summed E-state index contributed by atoms with van der Waals surface area (Å²) in [6.07, 6.45) is 15.1. The molecule has 2 fully saturated rings. The molecule has 0 radical (unpaired) electrons. The first-order valence-electron chi connectivity index (χ1n) is 7.46. The summed E-state index contributed by atoms with van der Waals surface area (Å²) in [4.78, 5) is 2.45. The van der Waals surface area contributed by atoms with E-state index in [0.29, 0.717) is 0 Å². The summed E-state index contributed by atoms with van der Waals surface area (Å²) in [6.45, 7) is 5.02. The molecule has 2 heterocycles. The Morgan fingerprint density at radius 2 is 1.18 bits per heavy atom. The van der Waals surface area contributed by atoms with Gasteiger partial charge in [-0.2, -0.15) is 0 Å². The minimum absolute atomic E-state index is 1.25. The van der Waals surface area contributed by atoms with Crippen molar-refractivity contribution in [1.29, 1.82) is 0 Å². The van der Waals surface area contributed by atoms with Crippen LogP contribution < -0.4 is 0 Å². The zero-order valence-electron chi connectivity index (χ0n) is 12.4. The summed E-state index contributed by atoms with van der Waals surface area (Å²) in [5.74, 6) is 0. The van der Waals surface area contributed by atoms with E-state index in [9.17, 15) is 25.2 Å². The van der Waals surface area contributed by atoms with Crippen LogP contribution in [0.25, 0.3) is 0 Å². The molecule has 0 aliphatic carbocycles. The number of piperidine rings is 2. The van der Waals surface area contributed by atoms with Crippen LogP contribution in [0.3, 0.4) is 0 Å². The molecule has 0 unspecified atom stereocenters. The number of hydrogen-bond acceptors (Lipinski definition) is 1. The van der Waals surface area contributed by atoms with E-state index < -0.39 is 7.81 Å². The second-order valence-electron chi connectivity index (χ2n) is 5.64. The Bertz CT molecular complexity index is 389. The Hall–Kier alpha value is -0.780. The van der Waals surface area contributed by atoms with Crippen molar-refractivity contribution in [3.63, 3.8) is 0 Å². The second kappa shape index (κ2) is 6.77. The van der Waals surface area contributed by atoms with Gasteiger partial charge in [0.1, 0.15) is 13.1 Å². The van der Waals surface area contributed by atoms with Gasteiger partial charge >= 0.3 is 33.0 Å². The van der Waals surface area contributed by atoms with E-state index in [2.05, 4.69) is 28.0 Å². The van der Waals surface area contributed by atoms with Crippen LogP contribution in [0.1, 0.15) is 38.5 Å². The first-order valence-corrected chi connectivity index (χ1v) is 9.49. The topological polar surface area (TPSA) is 6.25 Å². The monoisotopic (exact) mass is 352 g/mol. The molecule has 0 atom stereocenters. The molecule has 0 spiro atoms. The fourth-order valence-electron chi connectivity index (χ4n) is 2.42. The van der Waals surface area contributed by atoms with Crippen molar-refractivity contribution < 1.29 is 29.8 Å². The average Bonchev–Trinajstić information content (AvgIpc) is 2.38. The van der Waals surface area contributed by atoms with E-state index in [1.165, 1.54) is 64.7 Å². The van der Waals surface area contributed by atoms with Gasteiger partial charge in [0.15, 0.2) is 6.21 Å². The van der Waals surface area contributed by atoms with Gasteiger partial charge < -0.3 is 4.90 Å². The third-order valence-corrected chi connectivity index (χ3v) is 3.38. The molecule has 0 aromatic heterocycles. The first kappa shape index (κ1) is 19.3. The van der Waals surface area contributed by atoms with E-state index in [1.807, 2.05) is 0 Å². The van der Waals surface area contributed by atoms with Crippen LogP contribution in [0.5, 0.6) is 0 Å². The molecule has 0 aromatic carbocycles. The van der Waals surface area contributed by atoms with Gasteiger partial charge in [-0.1, -0.05) is 0 Å². The Balaban J connectivity index is 0.000000295. The molecule has 0 saturated carbocycles. The van der Waals surface area contributed by atoms with Gasteiger partial charge in [0.05, 0.1) is 0 Å². The van der Waals surface area contributed by atoms with Crippen molar-refractivity contribution in [2.75, 3.05) is 26.2 Å². The van der Waals surface area contributed by atoms with Gasteiger partial charge in [0.25, 0.3) is 0 Å². The SMILES string of the molecule is C(/C=C/N1CCCCC1)=[N+]1CCCCC1.F[P-](F)(F)(F)(F)F. The number of allylic oxidation sites excluding steroid dienone is 1. The number of rotatable bonds is 2. The van der Waals surface area contributed by atoms with Crippen LogP contribution in [-0.2, 0) is 0 Å². The number of nitrogens with zero attached hydrogens (tertiary/aromatic N) is 2. The summed E-state index contributed by atoms with van der Waals surface area (Å²) in [7, 11) is -10.7. The van der Waals surface area contributed by atoms with Crippen LogP contribution in [0, 0.1) is 0 Å². The molecule has 0 amide bonds. The quantitative estimate of drug-likeness (QED) is 0.354. The summed E-state index contributed by atoms with van der Waals surface area (Å²) in [5, 5.41) is 0. The van der Waals surface area contributed by atoms with E-state index >= 15 is 0 Å². The molecular weight excluding hydrogens is 329 g/mol. The minimum atomic E-state index is -10.7. The number of likely N-dealkylation sites (tertiary alicyclic amines) is 1. The maximum absolute atomic E-state index is 10.7. The molecule has 2 rings (SSSR count). The summed E-state index contributed by atoms with van der Waals surface area (Å²) < 4.78 is 61.6. The Labute approximate surface area is 126 Å². The average molecular weight is 352 g/mol. The standard InChI is InChI=1S/C13H23N2.F6P/c1-3-8-14(9-4-1)12-7-13-15-10-5-2-6-11-15;1-7(2,3,4,5)6/h7,12-13H,1-6,8-11H2;/q+1;-1. The predicted molar refractivity (Wildman–Crippen MR) is 78.0 cm³/mol. The number of halogens is 6. The third-order valence-electron chi connectivity index (χ3n) is 3.38. The summed E-state index contributed by atoms with van der Waals surface area (Å²) in [6, 6.07) is 0. The molecule has 9 heteroatoms. The molecule has 2 nitrogen and oxygen atoms in total. The van der Waals surface area contributed by atoms with E-state index in [-0.39, 0.29) is 0 Å². The van der Waals surface area contributed by atoms with Crippen molar-refractivity contribution in [2.45, 2.75) is 38.5 Å². The zero-order chi connectivity index (χ0) is 16.8. The van der Waals surface area contributed by atoms with Crippen LogP contribution >= 0.6 is 7.81 Å². The second-order valence-corrected chi connectivity index (χ2v) is 7.56. The van der Waals surface area contributed by atoms with Crippen molar-refractivity contribution in [2.24, 2.45) is 0 Å². The molecule has 22 heavy (non-hydrogen) atoms. The molecule has 2 aliphatic heterocycles. The fourth-order valence-corrected chi connectivity index (χ4v) is 2.42. The van der Waals surface area contributed by atoms with E-state index in [0.717, 1.165) is 0 Å². The fraction of sp³-hybridized carbons (Fsp3) is 0.769. The molecule has 132 valence electrons. The van der Waals surface area contributed by atoms with E-state index in [4.69, 9.17) is 0 Å². The van der Waals surface area contributed by atoms with Gasteiger partial charge in [0.2, 0.25) is 0 Å². The van der Waals surface area contributed by atoms with Crippen LogP contribution in [-0.4, -0.2) is 41.9 Å². The molecule has 0 N–H and O–H groups in total. The number of hydrogen-bond donors (Lipinski definition) is 0. The summed E-state index contributed by atoms with van der Waals surface area (Å²) in [5.41, 5.74) is 0. The van der Waals surface area contributed by atoms with Crippen LogP contribution in [0.2, 0.25) is 0 Å². The Kier molecular flexibility index (Phi) is 5.93. The molecule has 2 saturated heterocycles. The normalized spacial score (nSPS) is 23.4. The van der Waals surface area contributed by atoms with Crippen LogP contribution in [0.15, 0.2) is 12.3 Å². The van der Waals surface area contributed by atoms with Crippen molar-refractivity contribution in [3.05, 3.63) is 12.3 Å². The van der Waals surface area contributed by atoms with Gasteiger partial charge in [-0.25, -0.2) is 4.58 Å². The zero-order valence-corrected chi connectivity index (χ0v) is 13.3. The van der Waals surface area contributed by atoms with Gasteiger partial charge in [-0.05, 0) is 25.7 Å². The van der Waals surface area contributed by atoms with Crippen molar-refractivity contribution >= 4 is 14.0 Å². The molecule has 0 aromatic rings. The van der Waals surface area contributed by atoms with Gasteiger partial charge in [-0.15, -0.1) is 0 Å². The van der Waals surface area contributed by atoms with Gasteiger partial charge in [0, 0.05) is 38.2 Å². The molecular formula is C13H23F6N2P. The maximum atomic E-state index is 9.87. The first-order chi connectivity index (χ1) is 9.90. The van der Waals surface area contributed by atoms with E-state index in [1.54, 1.807) is 0 Å². The Morgan fingerprint density at radius 1 is 0.727 bits per heavy atom. The molecule has 2 aliphatic rings. The third kappa shape index (κ3) is 14.2. The summed E-state index contributed by atoms with van der Waals surface area (Å²) >= 11 is 0.